The molecule has 136 valence electrons. The highest BCUT2D eigenvalue weighted by Crippen LogP contribution is 2.21. The Hall–Kier alpha value is -3.09. The van der Waals surface area contributed by atoms with E-state index in [0.29, 0.717) is 12.4 Å². The normalized spacial score (nSPS) is 12.0. The van der Waals surface area contributed by atoms with Crippen molar-refractivity contribution in [1.82, 2.24) is 24.2 Å². The maximum Gasteiger partial charge on any atom is 0.323 e. The molecule has 7 heteroatoms. The van der Waals surface area contributed by atoms with Gasteiger partial charge in [0.1, 0.15) is 11.6 Å². The topological polar surface area (TPSA) is 68.0 Å². The second-order valence-corrected chi connectivity index (χ2v) is 6.16. The number of aromatic nitrogens is 4. The lowest BCUT2D eigenvalue weighted by Crippen LogP contribution is -2.33. The van der Waals surface area contributed by atoms with Crippen molar-refractivity contribution >= 4 is 11.8 Å². The summed E-state index contributed by atoms with van der Waals surface area (Å²) in [6.45, 7) is 5.37. The first-order valence-electron chi connectivity index (χ1n) is 8.70. The number of hydrogen-bond acceptors (Lipinski definition) is 3. The third-order valence-electron chi connectivity index (χ3n) is 4.42. The van der Waals surface area contributed by atoms with Crippen molar-refractivity contribution in [2.45, 2.75) is 33.0 Å². The van der Waals surface area contributed by atoms with E-state index in [0.717, 1.165) is 17.9 Å². The van der Waals surface area contributed by atoms with Crippen LogP contribution in [-0.4, -0.2) is 37.3 Å². The number of aryl methyl sites for hydroxylation is 1. The van der Waals surface area contributed by atoms with Crippen LogP contribution in [0.25, 0.3) is 0 Å². The molecule has 0 aliphatic heterocycles. The molecule has 0 aliphatic rings. The van der Waals surface area contributed by atoms with Gasteiger partial charge in [0.15, 0.2) is 0 Å². The Balaban J connectivity index is 1.69. The van der Waals surface area contributed by atoms with Crippen molar-refractivity contribution in [2.75, 3.05) is 12.4 Å². The molecule has 0 fully saturated rings. The zero-order chi connectivity index (χ0) is 18.5. The van der Waals surface area contributed by atoms with E-state index in [-0.39, 0.29) is 12.1 Å². The number of benzene rings is 1. The number of imidazole rings is 1. The smallest absolute Gasteiger partial charge is 0.323 e. The SMILES string of the molecule is CCn1ccnc1CN(C)C(=O)Nc1ccnn1[C@@H](C)c1ccccc1. The molecule has 1 atom stereocenters. The molecule has 0 saturated heterocycles. The summed E-state index contributed by atoms with van der Waals surface area (Å²) in [4.78, 5) is 18.5. The fraction of sp³-hybridized carbons (Fsp3) is 0.316. The highest BCUT2D eigenvalue weighted by Gasteiger charge is 2.17. The van der Waals surface area contributed by atoms with Crippen LogP contribution in [0.3, 0.4) is 0 Å². The molecular formula is C19H24N6O. The van der Waals surface area contributed by atoms with Gasteiger partial charge in [0, 0.05) is 32.1 Å². The molecule has 1 N–H and O–H groups in total. The van der Waals surface area contributed by atoms with Crippen LogP contribution in [-0.2, 0) is 13.1 Å². The van der Waals surface area contributed by atoms with E-state index in [2.05, 4.69) is 41.4 Å². The van der Waals surface area contributed by atoms with Crippen molar-refractivity contribution in [2.24, 2.45) is 0 Å². The Labute approximate surface area is 153 Å². The Morgan fingerprint density at radius 2 is 2.00 bits per heavy atom. The van der Waals surface area contributed by atoms with Gasteiger partial charge in [0.25, 0.3) is 0 Å². The number of carbonyl (C=O) groups excluding carboxylic acids is 1. The Morgan fingerprint density at radius 1 is 1.23 bits per heavy atom. The zero-order valence-corrected chi connectivity index (χ0v) is 15.3. The van der Waals surface area contributed by atoms with Crippen molar-refractivity contribution in [3.63, 3.8) is 0 Å². The fourth-order valence-electron chi connectivity index (χ4n) is 2.86. The summed E-state index contributed by atoms with van der Waals surface area (Å²) >= 11 is 0. The molecule has 7 nitrogen and oxygen atoms in total. The van der Waals surface area contributed by atoms with E-state index in [1.54, 1.807) is 30.4 Å². The van der Waals surface area contributed by atoms with Crippen LogP contribution in [0.4, 0.5) is 10.6 Å². The zero-order valence-electron chi connectivity index (χ0n) is 15.3. The van der Waals surface area contributed by atoms with E-state index in [4.69, 9.17) is 0 Å². The van der Waals surface area contributed by atoms with Gasteiger partial charge in [0.2, 0.25) is 0 Å². The maximum atomic E-state index is 12.6. The van der Waals surface area contributed by atoms with Gasteiger partial charge >= 0.3 is 6.03 Å². The number of carbonyl (C=O) groups is 1. The van der Waals surface area contributed by atoms with E-state index in [9.17, 15) is 4.79 Å². The summed E-state index contributed by atoms with van der Waals surface area (Å²) in [6, 6.07) is 11.7. The maximum absolute atomic E-state index is 12.6. The lowest BCUT2D eigenvalue weighted by atomic mass is 10.1. The summed E-state index contributed by atoms with van der Waals surface area (Å²) < 4.78 is 3.83. The van der Waals surface area contributed by atoms with E-state index in [1.807, 2.05) is 33.6 Å². The molecule has 26 heavy (non-hydrogen) atoms. The van der Waals surface area contributed by atoms with Crippen LogP contribution in [0, 0.1) is 0 Å². The number of hydrogen-bond donors (Lipinski definition) is 1. The summed E-state index contributed by atoms with van der Waals surface area (Å²) in [5.74, 6) is 1.52. The molecule has 0 unspecified atom stereocenters. The minimum atomic E-state index is -0.197. The van der Waals surface area contributed by atoms with E-state index >= 15 is 0 Å². The average molecular weight is 352 g/mol. The van der Waals surface area contributed by atoms with Gasteiger partial charge in [0.05, 0.1) is 18.8 Å². The lowest BCUT2D eigenvalue weighted by Gasteiger charge is -2.20. The minimum absolute atomic E-state index is 0.0193. The molecule has 0 saturated carbocycles. The quantitative estimate of drug-likeness (QED) is 0.739. The van der Waals surface area contributed by atoms with Gasteiger partial charge in [-0.05, 0) is 19.4 Å². The predicted molar refractivity (Wildman–Crippen MR) is 101 cm³/mol. The largest absolute Gasteiger partial charge is 0.334 e. The van der Waals surface area contributed by atoms with Crippen LogP contribution in [0.1, 0.15) is 31.3 Å². The third kappa shape index (κ3) is 3.77. The number of urea groups is 1. The Morgan fingerprint density at radius 3 is 2.73 bits per heavy atom. The number of nitrogens with zero attached hydrogens (tertiary/aromatic N) is 5. The average Bonchev–Trinajstić information content (AvgIpc) is 3.30. The second-order valence-electron chi connectivity index (χ2n) is 6.16. The molecule has 0 radical (unpaired) electrons. The van der Waals surface area contributed by atoms with Crippen molar-refractivity contribution in [3.05, 3.63) is 66.4 Å². The van der Waals surface area contributed by atoms with Crippen LogP contribution >= 0.6 is 0 Å². The lowest BCUT2D eigenvalue weighted by molar-refractivity contribution is 0.218. The Kier molecular flexibility index (Phi) is 5.36. The summed E-state index contributed by atoms with van der Waals surface area (Å²) in [5.41, 5.74) is 1.13. The molecule has 2 amide bonds. The highest BCUT2D eigenvalue weighted by atomic mass is 16.2. The number of rotatable bonds is 6. The van der Waals surface area contributed by atoms with E-state index < -0.39 is 0 Å². The number of anilines is 1. The summed E-state index contributed by atoms with van der Waals surface area (Å²) in [5, 5.41) is 7.32. The number of amides is 2. The van der Waals surface area contributed by atoms with Crippen molar-refractivity contribution in [1.29, 1.82) is 0 Å². The fourth-order valence-corrected chi connectivity index (χ4v) is 2.86. The molecule has 2 heterocycles. The summed E-state index contributed by atoms with van der Waals surface area (Å²) in [7, 11) is 1.76. The van der Waals surface area contributed by atoms with E-state index in [1.165, 1.54) is 0 Å². The third-order valence-corrected chi connectivity index (χ3v) is 4.42. The molecule has 0 spiro atoms. The standard InChI is InChI=1S/C19H24N6O/c1-4-24-13-12-20-18(24)14-23(3)19(26)22-17-10-11-21-25(17)15(2)16-8-6-5-7-9-16/h5-13,15H,4,14H2,1-3H3,(H,22,26)/t15-/m0/s1. The van der Waals surface area contributed by atoms with Gasteiger partial charge in [-0.15, -0.1) is 0 Å². The minimum Gasteiger partial charge on any atom is -0.334 e. The first-order valence-corrected chi connectivity index (χ1v) is 8.70. The molecule has 2 aromatic heterocycles. The molecule has 3 aromatic rings. The van der Waals surface area contributed by atoms with Gasteiger partial charge in [-0.3, -0.25) is 5.32 Å². The van der Waals surface area contributed by atoms with Crippen LogP contribution in [0.5, 0.6) is 0 Å². The van der Waals surface area contributed by atoms with Crippen molar-refractivity contribution < 1.29 is 4.79 Å². The predicted octanol–water partition coefficient (Wildman–Crippen LogP) is 3.37. The molecule has 3 rings (SSSR count). The number of nitrogens with one attached hydrogen (secondary N) is 1. The molecule has 0 aliphatic carbocycles. The molecule has 0 bridgehead atoms. The van der Waals surface area contributed by atoms with Crippen LogP contribution in [0.2, 0.25) is 0 Å². The second kappa shape index (κ2) is 7.86. The molecule has 1 aromatic carbocycles. The van der Waals surface area contributed by atoms with Gasteiger partial charge in [-0.2, -0.15) is 5.10 Å². The summed E-state index contributed by atoms with van der Waals surface area (Å²) in [6.07, 6.45) is 5.36. The molecular weight excluding hydrogens is 328 g/mol. The van der Waals surface area contributed by atoms with Crippen LogP contribution < -0.4 is 5.32 Å². The van der Waals surface area contributed by atoms with Gasteiger partial charge < -0.3 is 9.47 Å². The van der Waals surface area contributed by atoms with Crippen LogP contribution in [0.15, 0.2) is 55.0 Å². The monoisotopic (exact) mass is 352 g/mol. The van der Waals surface area contributed by atoms with Gasteiger partial charge in [-0.25, -0.2) is 14.5 Å². The first kappa shape index (κ1) is 17.7. The Bertz CT molecular complexity index is 854. The van der Waals surface area contributed by atoms with Gasteiger partial charge in [-0.1, -0.05) is 30.3 Å². The van der Waals surface area contributed by atoms with Crippen molar-refractivity contribution in [3.8, 4) is 0 Å². The first-order chi connectivity index (χ1) is 12.6. The highest BCUT2D eigenvalue weighted by molar-refractivity contribution is 5.88.